The minimum absolute atomic E-state index is 0.0440. The fourth-order valence-corrected chi connectivity index (χ4v) is 2.44. The van der Waals surface area contributed by atoms with Gasteiger partial charge in [0, 0.05) is 29.8 Å². The first kappa shape index (κ1) is 14.3. The number of ether oxygens (including phenoxy) is 1. The number of benzene rings is 1. The number of nitrogens with two attached hydrogens (primary N) is 1. The summed E-state index contributed by atoms with van der Waals surface area (Å²) in [5, 5.41) is 2.88. The van der Waals surface area contributed by atoms with Gasteiger partial charge in [0.25, 0.3) is 5.91 Å². The standard InChI is InChI=1S/C13H18BrN3O2/c1-17-4-5-19-10(8-17)7-16-13(18)11-6-9(15)2-3-12(11)14/h2-3,6,10H,4-5,7-8,15H2,1H3,(H,16,18). The van der Waals surface area contributed by atoms with Crippen LogP contribution < -0.4 is 11.1 Å². The van der Waals surface area contributed by atoms with Gasteiger partial charge in [-0.25, -0.2) is 0 Å². The second-order valence-electron chi connectivity index (χ2n) is 4.70. The van der Waals surface area contributed by atoms with E-state index in [4.69, 9.17) is 10.5 Å². The number of morpholine rings is 1. The number of hydrogen-bond donors (Lipinski definition) is 2. The third-order valence-electron chi connectivity index (χ3n) is 3.07. The van der Waals surface area contributed by atoms with Gasteiger partial charge in [0.05, 0.1) is 18.3 Å². The monoisotopic (exact) mass is 327 g/mol. The summed E-state index contributed by atoms with van der Waals surface area (Å²) in [6.07, 6.45) is 0.0440. The molecule has 1 aromatic rings. The van der Waals surface area contributed by atoms with Crippen LogP contribution in [0.25, 0.3) is 0 Å². The first-order valence-corrected chi connectivity index (χ1v) is 6.99. The maximum Gasteiger partial charge on any atom is 0.252 e. The highest BCUT2D eigenvalue weighted by atomic mass is 79.9. The number of carbonyl (C=O) groups is 1. The predicted octanol–water partition coefficient (Wildman–Crippen LogP) is 1.09. The molecule has 0 spiro atoms. The van der Waals surface area contributed by atoms with Crippen molar-refractivity contribution in [3.05, 3.63) is 28.2 Å². The molecule has 0 aliphatic carbocycles. The average Bonchev–Trinajstić information content (AvgIpc) is 2.39. The fraction of sp³-hybridized carbons (Fsp3) is 0.462. The highest BCUT2D eigenvalue weighted by molar-refractivity contribution is 9.10. The molecular formula is C13H18BrN3O2. The van der Waals surface area contributed by atoms with Gasteiger partial charge < -0.3 is 20.7 Å². The zero-order valence-electron chi connectivity index (χ0n) is 10.9. The van der Waals surface area contributed by atoms with Crippen molar-refractivity contribution in [3.63, 3.8) is 0 Å². The molecule has 6 heteroatoms. The molecule has 5 nitrogen and oxygen atoms in total. The molecule has 3 N–H and O–H groups in total. The van der Waals surface area contributed by atoms with E-state index in [0.29, 0.717) is 24.4 Å². The first-order chi connectivity index (χ1) is 9.06. The van der Waals surface area contributed by atoms with Crippen molar-refractivity contribution >= 4 is 27.5 Å². The summed E-state index contributed by atoms with van der Waals surface area (Å²) in [6.45, 7) is 2.98. The number of nitrogens with one attached hydrogen (secondary N) is 1. The third kappa shape index (κ3) is 3.92. The molecule has 104 valence electrons. The van der Waals surface area contributed by atoms with Crippen LogP contribution in [0.4, 0.5) is 5.69 Å². The summed E-state index contributed by atoms with van der Waals surface area (Å²) in [5.74, 6) is -0.143. The number of halogens is 1. The van der Waals surface area contributed by atoms with Crippen molar-refractivity contribution in [2.75, 3.05) is 39.0 Å². The van der Waals surface area contributed by atoms with Crippen LogP contribution in [-0.2, 0) is 4.74 Å². The fourth-order valence-electron chi connectivity index (χ4n) is 2.01. The third-order valence-corrected chi connectivity index (χ3v) is 3.76. The van der Waals surface area contributed by atoms with Crippen LogP contribution >= 0.6 is 15.9 Å². The number of amides is 1. The molecule has 1 fully saturated rings. The number of hydrogen-bond acceptors (Lipinski definition) is 4. The molecule has 1 saturated heterocycles. The number of rotatable bonds is 3. The zero-order valence-corrected chi connectivity index (χ0v) is 12.4. The molecule has 1 aromatic carbocycles. The molecular weight excluding hydrogens is 310 g/mol. The number of likely N-dealkylation sites (N-methyl/N-ethyl adjacent to an activating group) is 1. The molecule has 19 heavy (non-hydrogen) atoms. The van der Waals surface area contributed by atoms with Gasteiger partial charge in [0.1, 0.15) is 0 Å². The molecule has 1 amide bonds. The molecule has 1 atom stereocenters. The number of nitrogen functional groups attached to an aromatic ring is 1. The maximum atomic E-state index is 12.1. The first-order valence-electron chi connectivity index (χ1n) is 6.19. The maximum absolute atomic E-state index is 12.1. The highest BCUT2D eigenvalue weighted by Crippen LogP contribution is 2.19. The van der Waals surface area contributed by atoms with Gasteiger partial charge in [-0.1, -0.05) is 0 Å². The van der Waals surface area contributed by atoms with Gasteiger partial charge in [-0.05, 0) is 41.2 Å². The Kier molecular flexibility index (Phi) is 4.79. The molecule has 1 heterocycles. The van der Waals surface area contributed by atoms with Crippen molar-refractivity contribution in [1.29, 1.82) is 0 Å². The lowest BCUT2D eigenvalue weighted by Gasteiger charge is -2.30. The Morgan fingerprint density at radius 1 is 1.63 bits per heavy atom. The highest BCUT2D eigenvalue weighted by Gasteiger charge is 2.19. The van der Waals surface area contributed by atoms with Crippen LogP contribution in [0.5, 0.6) is 0 Å². The van der Waals surface area contributed by atoms with E-state index in [-0.39, 0.29) is 12.0 Å². The molecule has 0 bridgehead atoms. The largest absolute Gasteiger partial charge is 0.399 e. The van der Waals surface area contributed by atoms with E-state index in [9.17, 15) is 4.79 Å². The van der Waals surface area contributed by atoms with Crippen molar-refractivity contribution in [2.45, 2.75) is 6.10 Å². The van der Waals surface area contributed by atoms with E-state index < -0.39 is 0 Å². The van der Waals surface area contributed by atoms with Crippen LogP contribution in [0.1, 0.15) is 10.4 Å². The van der Waals surface area contributed by atoms with E-state index in [1.54, 1.807) is 18.2 Å². The molecule has 0 saturated carbocycles. The Morgan fingerprint density at radius 2 is 2.42 bits per heavy atom. The Balaban J connectivity index is 1.92. The molecule has 2 rings (SSSR count). The lowest BCUT2D eigenvalue weighted by atomic mass is 10.2. The molecule has 1 unspecified atom stereocenters. The van der Waals surface area contributed by atoms with E-state index in [1.807, 2.05) is 7.05 Å². The molecule has 1 aliphatic heterocycles. The lowest BCUT2D eigenvalue weighted by molar-refractivity contribution is -0.0175. The molecule has 0 radical (unpaired) electrons. The average molecular weight is 328 g/mol. The summed E-state index contributed by atoms with van der Waals surface area (Å²) in [4.78, 5) is 14.3. The smallest absolute Gasteiger partial charge is 0.252 e. The van der Waals surface area contributed by atoms with Gasteiger partial charge in [-0.2, -0.15) is 0 Å². The van der Waals surface area contributed by atoms with Crippen LogP contribution in [0.2, 0.25) is 0 Å². The van der Waals surface area contributed by atoms with E-state index >= 15 is 0 Å². The molecule has 1 aliphatic rings. The van der Waals surface area contributed by atoms with Crippen molar-refractivity contribution in [3.8, 4) is 0 Å². The summed E-state index contributed by atoms with van der Waals surface area (Å²) in [6, 6.07) is 5.18. The van der Waals surface area contributed by atoms with Gasteiger partial charge in [0.15, 0.2) is 0 Å². The number of carbonyl (C=O) groups excluding carboxylic acids is 1. The van der Waals surface area contributed by atoms with Crippen LogP contribution in [0.3, 0.4) is 0 Å². The minimum Gasteiger partial charge on any atom is -0.399 e. The van der Waals surface area contributed by atoms with E-state index in [2.05, 4.69) is 26.1 Å². The topological polar surface area (TPSA) is 67.6 Å². The van der Waals surface area contributed by atoms with Gasteiger partial charge in [-0.15, -0.1) is 0 Å². The van der Waals surface area contributed by atoms with Crippen molar-refractivity contribution in [1.82, 2.24) is 10.2 Å². The predicted molar refractivity (Wildman–Crippen MR) is 78.1 cm³/mol. The summed E-state index contributed by atoms with van der Waals surface area (Å²) in [5.41, 5.74) is 6.81. The second kappa shape index (κ2) is 6.36. The Labute approximate surface area is 121 Å². The number of anilines is 1. The van der Waals surface area contributed by atoms with Crippen LogP contribution in [0, 0.1) is 0 Å². The summed E-state index contributed by atoms with van der Waals surface area (Å²) < 4.78 is 6.33. The Bertz CT molecular complexity index is 467. The van der Waals surface area contributed by atoms with Crippen molar-refractivity contribution in [2.24, 2.45) is 0 Å². The zero-order chi connectivity index (χ0) is 13.8. The van der Waals surface area contributed by atoms with Gasteiger partial charge in [0.2, 0.25) is 0 Å². The lowest BCUT2D eigenvalue weighted by Crippen LogP contribution is -2.45. The summed E-state index contributed by atoms with van der Waals surface area (Å²) in [7, 11) is 2.05. The van der Waals surface area contributed by atoms with Crippen LogP contribution in [-0.4, -0.2) is 50.2 Å². The minimum atomic E-state index is -0.143. The Hall–Kier alpha value is -1.11. The van der Waals surface area contributed by atoms with Gasteiger partial charge in [-0.3, -0.25) is 4.79 Å². The SMILES string of the molecule is CN1CCOC(CNC(=O)c2cc(N)ccc2Br)C1. The molecule has 0 aromatic heterocycles. The quantitative estimate of drug-likeness (QED) is 0.815. The van der Waals surface area contributed by atoms with Crippen LogP contribution in [0.15, 0.2) is 22.7 Å². The van der Waals surface area contributed by atoms with Gasteiger partial charge >= 0.3 is 0 Å². The Morgan fingerprint density at radius 3 is 3.16 bits per heavy atom. The number of nitrogens with zero attached hydrogens (tertiary/aromatic N) is 1. The van der Waals surface area contributed by atoms with Crippen molar-refractivity contribution < 1.29 is 9.53 Å². The summed E-state index contributed by atoms with van der Waals surface area (Å²) >= 11 is 3.35. The normalized spacial score (nSPS) is 20.2. The van der Waals surface area contributed by atoms with E-state index in [0.717, 1.165) is 17.6 Å². The second-order valence-corrected chi connectivity index (χ2v) is 5.56. The van der Waals surface area contributed by atoms with E-state index in [1.165, 1.54) is 0 Å².